The third-order valence-electron chi connectivity index (χ3n) is 12.5. The van der Waals surface area contributed by atoms with Crippen LogP contribution in [0.25, 0.3) is 78.0 Å². The lowest BCUT2D eigenvalue weighted by Crippen LogP contribution is -2.30. The molecule has 63 heavy (non-hydrogen) atoms. The molecule has 0 atom stereocenters. The maximum atomic E-state index is 5.33. The smallest absolute Gasteiger partial charge is 0.238 e. The van der Waals surface area contributed by atoms with E-state index in [1.807, 2.05) is 0 Å². The normalized spacial score (nSPS) is 11.8. The first-order valence-corrected chi connectivity index (χ1v) is 21.4. The van der Waals surface area contributed by atoms with Crippen LogP contribution < -0.4 is 0 Å². The second-order valence-corrected chi connectivity index (χ2v) is 16.0. The average molecular weight is 806 g/mol. The molecule has 0 aliphatic rings. The van der Waals surface area contributed by atoms with Gasteiger partial charge in [0.25, 0.3) is 0 Å². The van der Waals surface area contributed by atoms with Gasteiger partial charge in [0.2, 0.25) is 5.95 Å². The molecule has 296 valence electrons. The highest BCUT2D eigenvalue weighted by Gasteiger charge is 2.38. The van der Waals surface area contributed by atoms with E-state index in [4.69, 9.17) is 15.0 Å². The summed E-state index contributed by atoms with van der Waals surface area (Å²) in [6.45, 7) is 0. The minimum Gasteiger partial charge on any atom is -0.309 e. The van der Waals surface area contributed by atoms with Crippen molar-refractivity contribution in [1.82, 2.24) is 24.1 Å². The van der Waals surface area contributed by atoms with Gasteiger partial charge in [0.15, 0.2) is 11.6 Å². The summed E-state index contributed by atoms with van der Waals surface area (Å²) < 4.78 is 4.51. The fourth-order valence-corrected chi connectivity index (χ4v) is 9.78. The van der Waals surface area contributed by atoms with Gasteiger partial charge in [-0.3, -0.25) is 4.57 Å². The number of para-hydroxylation sites is 4. The van der Waals surface area contributed by atoms with Gasteiger partial charge >= 0.3 is 0 Å². The Morgan fingerprint density at radius 2 is 0.667 bits per heavy atom. The first-order chi connectivity index (χ1) is 31.3. The lowest BCUT2D eigenvalue weighted by atomic mass is 9.65. The molecule has 9 aromatic carbocycles. The number of benzene rings is 9. The number of rotatable bonds is 8. The molecule has 3 heterocycles. The molecule has 0 aliphatic heterocycles. The third-order valence-corrected chi connectivity index (χ3v) is 12.5. The third kappa shape index (κ3) is 5.89. The van der Waals surface area contributed by atoms with Gasteiger partial charge in [0.05, 0.1) is 27.5 Å². The van der Waals surface area contributed by atoms with Crippen LogP contribution in [0.4, 0.5) is 0 Å². The van der Waals surface area contributed by atoms with E-state index < -0.39 is 5.41 Å². The number of nitrogens with zero attached hydrogens (tertiary/aromatic N) is 5. The summed E-state index contributed by atoms with van der Waals surface area (Å²) in [7, 11) is 0. The van der Waals surface area contributed by atoms with Crippen LogP contribution in [0.5, 0.6) is 0 Å². The Balaban J connectivity index is 1.07. The SMILES string of the molecule is c1ccc(C(c2ccccc2)(c2ccccc2)c2ccc(-c3nc(-c4cccc(-n5c6ccccc6c6ccccc65)c4)nc(-n4c5ccccc5c5ccccc54)n3)cc2)cc1. The minimum atomic E-state index is -0.575. The Bertz CT molecular complexity index is 3410. The van der Waals surface area contributed by atoms with E-state index in [0.717, 1.165) is 55.2 Å². The van der Waals surface area contributed by atoms with E-state index in [2.05, 4.69) is 246 Å². The van der Waals surface area contributed by atoms with E-state index in [0.29, 0.717) is 17.6 Å². The van der Waals surface area contributed by atoms with Gasteiger partial charge in [0, 0.05) is 38.4 Å². The largest absolute Gasteiger partial charge is 0.309 e. The second-order valence-electron chi connectivity index (χ2n) is 16.0. The zero-order valence-corrected chi connectivity index (χ0v) is 34.3. The maximum absolute atomic E-state index is 5.33. The molecular formula is C58H39N5. The molecule has 0 aliphatic carbocycles. The Morgan fingerprint density at radius 3 is 1.13 bits per heavy atom. The lowest BCUT2D eigenvalue weighted by Gasteiger charge is -2.37. The highest BCUT2D eigenvalue weighted by Crippen LogP contribution is 2.45. The molecule has 0 saturated carbocycles. The Morgan fingerprint density at radius 1 is 0.286 bits per heavy atom. The molecule has 0 N–H and O–H groups in total. The molecule has 3 aromatic heterocycles. The molecule has 0 radical (unpaired) electrons. The highest BCUT2D eigenvalue weighted by atomic mass is 15.2. The Hall–Kier alpha value is -8.41. The molecular weight excluding hydrogens is 767 g/mol. The van der Waals surface area contributed by atoms with E-state index in [-0.39, 0.29) is 0 Å². The van der Waals surface area contributed by atoms with Gasteiger partial charge in [-0.25, -0.2) is 4.98 Å². The van der Waals surface area contributed by atoms with Crippen molar-refractivity contribution in [3.63, 3.8) is 0 Å². The Labute approximate surface area is 364 Å². The molecule has 0 saturated heterocycles. The van der Waals surface area contributed by atoms with Crippen molar-refractivity contribution < 1.29 is 0 Å². The first-order valence-electron chi connectivity index (χ1n) is 21.4. The fraction of sp³-hybridized carbons (Fsp3) is 0.0172. The van der Waals surface area contributed by atoms with Gasteiger partial charge in [0.1, 0.15) is 0 Å². The van der Waals surface area contributed by atoms with Gasteiger partial charge in [-0.05, 0) is 58.7 Å². The molecule has 0 bridgehead atoms. The van der Waals surface area contributed by atoms with Crippen LogP contribution in [0.15, 0.2) is 237 Å². The van der Waals surface area contributed by atoms with Crippen molar-refractivity contribution in [3.05, 3.63) is 259 Å². The van der Waals surface area contributed by atoms with Crippen LogP contribution >= 0.6 is 0 Å². The summed E-state index contributed by atoms with van der Waals surface area (Å²) in [5, 5.41) is 4.73. The first kappa shape index (κ1) is 36.4. The number of hydrogen-bond donors (Lipinski definition) is 0. The molecule has 0 spiro atoms. The lowest BCUT2D eigenvalue weighted by molar-refractivity contribution is 0.745. The number of fused-ring (bicyclic) bond motifs is 6. The summed E-state index contributed by atoms with van der Waals surface area (Å²) in [6.07, 6.45) is 0. The van der Waals surface area contributed by atoms with Crippen molar-refractivity contribution in [2.75, 3.05) is 0 Å². The maximum Gasteiger partial charge on any atom is 0.238 e. The number of aromatic nitrogens is 5. The van der Waals surface area contributed by atoms with Crippen LogP contribution in [0.3, 0.4) is 0 Å². The van der Waals surface area contributed by atoms with Crippen LogP contribution in [-0.2, 0) is 5.41 Å². The van der Waals surface area contributed by atoms with Crippen LogP contribution in [0.1, 0.15) is 22.3 Å². The zero-order chi connectivity index (χ0) is 41.7. The molecule has 12 rings (SSSR count). The van der Waals surface area contributed by atoms with Crippen molar-refractivity contribution in [1.29, 1.82) is 0 Å². The predicted octanol–water partition coefficient (Wildman–Crippen LogP) is 13.8. The summed E-state index contributed by atoms with van der Waals surface area (Å²) in [5.41, 5.74) is 11.3. The summed E-state index contributed by atoms with van der Waals surface area (Å²) >= 11 is 0. The van der Waals surface area contributed by atoms with Gasteiger partial charge in [-0.15, -0.1) is 0 Å². The van der Waals surface area contributed by atoms with E-state index in [1.54, 1.807) is 0 Å². The monoisotopic (exact) mass is 805 g/mol. The van der Waals surface area contributed by atoms with Crippen molar-refractivity contribution in [2.45, 2.75) is 5.41 Å². The quantitative estimate of drug-likeness (QED) is 0.144. The molecule has 0 unspecified atom stereocenters. The highest BCUT2D eigenvalue weighted by molar-refractivity contribution is 6.10. The van der Waals surface area contributed by atoms with Gasteiger partial charge < -0.3 is 4.57 Å². The summed E-state index contributed by atoms with van der Waals surface area (Å²) in [5.74, 6) is 1.75. The van der Waals surface area contributed by atoms with E-state index in [1.165, 1.54) is 27.5 Å². The minimum absolute atomic E-state index is 0.561. The molecule has 5 heteroatoms. The van der Waals surface area contributed by atoms with Gasteiger partial charge in [-0.1, -0.05) is 200 Å². The standard InChI is InChI=1S/C58H39N5/c1-4-20-42(21-5-1)58(43-22-6-2-7-23-43,44-24-8-3-9-25-44)45-37-35-40(36-38-45)55-59-56(61-57(60-55)63-53-33-16-12-29-49(53)50-30-13-17-34-54(50)63)41-19-18-26-46(39-41)62-51-31-14-10-27-47(51)48-28-11-15-32-52(48)62/h1-39H. The summed E-state index contributed by atoms with van der Waals surface area (Å²) in [4.78, 5) is 16.0. The molecule has 5 nitrogen and oxygen atoms in total. The second kappa shape index (κ2) is 14.9. The zero-order valence-electron chi connectivity index (χ0n) is 34.3. The van der Waals surface area contributed by atoms with Crippen LogP contribution in [0, 0.1) is 0 Å². The predicted molar refractivity (Wildman–Crippen MR) is 258 cm³/mol. The molecule has 0 fully saturated rings. The molecule has 0 amide bonds. The number of hydrogen-bond acceptors (Lipinski definition) is 3. The van der Waals surface area contributed by atoms with Crippen molar-refractivity contribution >= 4 is 43.6 Å². The van der Waals surface area contributed by atoms with E-state index >= 15 is 0 Å². The topological polar surface area (TPSA) is 48.5 Å². The van der Waals surface area contributed by atoms with Crippen molar-refractivity contribution in [2.24, 2.45) is 0 Å². The Kier molecular flexibility index (Phi) is 8.64. The average Bonchev–Trinajstić information content (AvgIpc) is 3.89. The van der Waals surface area contributed by atoms with Crippen LogP contribution in [-0.4, -0.2) is 24.1 Å². The van der Waals surface area contributed by atoms with Crippen molar-refractivity contribution in [3.8, 4) is 34.4 Å². The summed E-state index contributed by atoms with van der Waals surface area (Å²) in [6, 6.07) is 84.0. The van der Waals surface area contributed by atoms with E-state index in [9.17, 15) is 0 Å². The fourth-order valence-electron chi connectivity index (χ4n) is 9.78. The van der Waals surface area contributed by atoms with Crippen LogP contribution in [0.2, 0.25) is 0 Å². The van der Waals surface area contributed by atoms with Gasteiger partial charge in [-0.2, -0.15) is 9.97 Å². The molecule has 12 aromatic rings.